The molecular formula is C24H25N3O3. The Balaban J connectivity index is 2.03. The first-order chi connectivity index (χ1) is 14.6. The highest BCUT2D eigenvalue weighted by Crippen LogP contribution is 2.29. The van der Waals surface area contributed by atoms with E-state index in [-0.39, 0.29) is 5.91 Å². The highest BCUT2D eigenvalue weighted by molar-refractivity contribution is 5.98. The van der Waals surface area contributed by atoms with Crippen LogP contribution in [0.2, 0.25) is 0 Å². The van der Waals surface area contributed by atoms with Crippen molar-refractivity contribution >= 4 is 17.7 Å². The monoisotopic (exact) mass is 403 g/mol. The molecule has 0 aliphatic carbocycles. The van der Waals surface area contributed by atoms with E-state index < -0.39 is 18.1 Å². The number of carbonyl (C=O) groups is 2. The number of alkyl carbamates (subject to hydrolysis) is 1. The number of amides is 2. The zero-order valence-corrected chi connectivity index (χ0v) is 17.0. The molecule has 0 aliphatic rings. The molecular weight excluding hydrogens is 378 g/mol. The van der Waals surface area contributed by atoms with E-state index in [2.05, 4.69) is 15.6 Å². The van der Waals surface area contributed by atoms with Gasteiger partial charge in [-0.15, -0.1) is 0 Å². The summed E-state index contributed by atoms with van der Waals surface area (Å²) in [6.07, 6.45) is 3.45. The van der Waals surface area contributed by atoms with E-state index in [1.165, 1.54) is 7.11 Å². The Bertz CT molecular complexity index is 938. The summed E-state index contributed by atoms with van der Waals surface area (Å²) in [4.78, 5) is 29.6. The van der Waals surface area contributed by atoms with Gasteiger partial charge in [0.05, 0.1) is 7.11 Å². The molecule has 0 radical (unpaired) electrons. The number of hydrogen-bond donors (Lipinski definition) is 2. The lowest BCUT2D eigenvalue weighted by atomic mass is 9.85. The van der Waals surface area contributed by atoms with Crippen molar-refractivity contribution in [2.75, 3.05) is 12.4 Å². The van der Waals surface area contributed by atoms with Crippen molar-refractivity contribution in [1.82, 2.24) is 10.3 Å². The normalized spacial score (nSPS) is 12.5. The molecule has 2 aromatic carbocycles. The van der Waals surface area contributed by atoms with Crippen molar-refractivity contribution in [3.63, 3.8) is 0 Å². The van der Waals surface area contributed by atoms with Gasteiger partial charge in [0.2, 0.25) is 5.91 Å². The fraction of sp³-hybridized carbons (Fsp3) is 0.208. The fourth-order valence-corrected chi connectivity index (χ4v) is 3.46. The van der Waals surface area contributed by atoms with Crippen LogP contribution in [0.3, 0.4) is 0 Å². The van der Waals surface area contributed by atoms with E-state index in [1.807, 2.05) is 73.7 Å². The molecule has 6 heteroatoms. The number of benzene rings is 2. The number of rotatable bonds is 7. The van der Waals surface area contributed by atoms with Gasteiger partial charge in [-0.25, -0.2) is 4.79 Å². The first kappa shape index (κ1) is 21.0. The van der Waals surface area contributed by atoms with Crippen LogP contribution in [-0.2, 0) is 16.0 Å². The minimum Gasteiger partial charge on any atom is -0.453 e. The summed E-state index contributed by atoms with van der Waals surface area (Å²) in [7, 11) is 1.28. The largest absolute Gasteiger partial charge is 0.453 e. The van der Waals surface area contributed by atoms with E-state index in [0.29, 0.717) is 0 Å². The van der Waals surface area contributed by atoms with Crippen LogP contribution in [0.5, 0.6) is 0 Å². The Hall–Kier alpha value is -3.67. The number of pyridine rings is 1. The highest BCUT2D eigenvalue weighted by atomic mass is 16.5. The van der Waals surface area contributed by atoms with Gasteiger partial charge in [0.1, 0.15) is 6.04 Å². The van der Waals surface area contributed by atoms with Gasteiger partial charge in [-0.3, -0.25) is 9.78 Å². The lowest BCUT2D eigenvalue weighted by Gasteiger charge is -2.28. The van der Waals surface area contributed by atoms with Crippen LogP contribution in [-0.4, -0.2) is 30.1 Å². The molecule has 0 spiro atoms. The van der Waals surface area contributed by atoms with Gasteiger partial charge < -0.3 is 15.4 Å². The maximum absolute atomic E-state index is 13.4. The van der Waals surface area contributed by atoms with Gasteiger partial charge in [-0.1, -0.05) is 55.5 Å². The Morgan fingerprint density at radius 3 is 2.23 bits per heavy atom. The van der Waals surface area contributed by atoms with E-state index in [4.69, 9.17) is 4.74 Å². The predicted octanol–water partition coefficient (Wildman–Crippen LogP) is 4.14. The van der Waals surface area contributed by atoms with E-state index >= 15 is 0 Å². The summed E-state index contributed by atoms with van der Waals surface area (Å²) in [5, 5.41) is 5.71. The quantitative estimate of drug-likeness (QED) is 0.621. The number of nitrogens with one attached hydrogen (secondary N) is 2. The average Bonchev–Trinajstić information content (AvgIpc) is 2.80. The van der Waals surface area contributed by atoms with Crippen molar-refractivity contribution < 1.29 is 14.3 Å². The molecule has 1 aromatic heterocycles. The Labute approximate surface area is 176 Å². The molecule has 0 aliphatic heterocycles. The molecule has 2 unspecified atom stereocenters. The smallest absolute Gasteiger partial charge is 0.407 e. The molecule has 3 aromatic rings. The summed E-state index contributed by atoms with van der Waals surface area (Å²) in [6, 6.07) is 20.0. The third kappa shape index (κ3) is 5.03. The Morgan fingerprint density at radius 1 is 0.933 bits per heavy atom. The van der Waals surface area contributed by atoms with Crippen molar-refractivity contribution in [2.24, 2.45) is 0 Å². The molecule has 6 nitrogen and oxygen atoms in total. The van der Waals surface area contributed by atoms with Crippen LogP contribution in [0.4, 0.5) is 10.5 Å². The summed E-state index contributed by atoms with van der Waals surface area (Å²) >= 11 is 0. The Kier molecular flexibility index (Phi) is 7.16. The summed E-state index contributed by atoms with van der Waals surface area (Å²) in [6.45, 7) is 2.03. The van der Waals surface area contributed by atoms with E-state index in [1.54, 1.807) is 12.4 Å². The van der Waals surface area contributed by atoms with Crippen molar-refractivity contribution in [3.05, 3.63) is 95.8 Å². The predicted molar refractivity (Wildman–Crippen MR) is 116 cm³/mol. The van der Waals surface area contributed by atoms with Gasteiger partial charge in [-0.2, -0.15) is 0 Å². The van der Waals surface area contributed by atoms with Gasteiger partial charge in [0.15, 0.2) is 0 Å². The number of methoxy groups -OCH3 is 1. The minimum atomic E-state index is -0.896. The topological polar surface area (TPSA) is 80.3 Å². The van der Waals surface area contributed by atoms with Crippen molar-refractivity contribution in [2.45, 2.75) is 25.3 Å². The number of ether oxygens (including phenoxy) is 1. The van der Waals surface area contributed by atoms with Crippen LogP contribution in [0.15, 0.2) is 79.1 Å². The van der Waals surface area contributed by atoms with Crippen molar-refractivity contribution in [3.8, 4) is 0 Å². The number of nitrogens with zero attached hydrogens (tertiary/aromatic N) is 1. The zero-order chi connectivity index (χ0) is 21.3. The molecule has 2 amide bonds. The molecule has 0 fully saturated rings. The molecule has 0 saturated heterocycles. The summed E-state index contributed by atoms with van der Waals surface area (Å²) in [5.74, 6) is -0.756. The molecule has 2 N–H and O–H groups in total. The van der Waals surface area contributed by atoms with Crippen LogP contribution in [0.25, 0.3) is 0 Å². The maximum Gasteiger partial charge on any atom is 0.407 e. The first-order valence-electron chi connectivity index (χ1n) is 9.82. The van der Waals surface area contributed by atoms with Gasteiger partial charge in [0, 0.05) is 24.0 Å². The standard InChI is InChI=1S/C24H25N3O3/c1-3-17-9-7-8-12-20(17)26-23(28)22(27-24(29)30-2)21(18-10-5-4-6-11-18)19-13-15-25-16-14-19/h4-16,21-22H,3H2,1-2H3,(H,26,28)(H,27,29). The van der Waals surface area contributed by atoms with E-state index in [0.717, 1.165) is 28.8 Å². The van der Waals surface area contributed by atoms with E-state index in [9.17, 15) is 9.59 Å². The Morgan fingerprint density at radius 2 is 1.57 bits per heavy atom. The minimum absolute atomic E-state index is 0.327. The molecule has 0 bridgehead atoms. The number of carbonyl (C=O) groups excluding carboxylic acids is 2. The number of para-hydroxylation sites is 1. The third-order valence-corrected chi connectivity index (χ3v) is 4.95. The number of anilines is 1. The summed E-state index contributed by atoms with van der Waals surface area (Å²) < 4.78 is 4.81. The third-order valence-electron chi connectivity index (χ3n) is 4.95. The molecule has 30 heavy (non-hydrogen) atoms. The molecule has 0 saturated carbocycles. The maximum atomic E-state index is 13.4. The number of hydrogen-bond acceptors (Lipinski definition) is 4. The van der Waals surface area contributed by atoms with Gasteiger partial charge in [0.25, 0.3) is 0 Å². The molecule has 2 atom stereocenters. The van der Waals surface area contributed by atoms with Crippen LogP contribution < -0.4 is 10.6 Å². The number of aryl methyl sites for hydroxylation is 1. The average molecular weight is 403 g/mol. The summed E-state index contributed by atoms with van der Waals surface area (Å²) in [5.41, 5.74) is 3.49. The van der Waals surface area contributed by atoms with Crippen molar-refractivity contribution in [1.29, 1.82) is 0 Å². The number of aromatic nitrogens is 1. The molecule has 154 valence electrons. The lowest BCUT2D eigenvalue weighted by Crippen LogP contribution is -2.48. The molecule has 1 heterocycles. The second-order valence-electron chi connectivity index (χ2n) is 6.78. The first-order valence-corrected chi connectivity index (χ1v) is 9.82. The zero-order valence-electron chi connectivity index (χ0n) is 17.0. The molecule has 3 rings (SSSR count). The highest BCUT2D eigenvalue weighted by Gasteiger charge is 2.33. The second kappa shape index (κ2) is 10.2. The van der Waals surface area contributed by atoms with Gasteiger partial charge in [-0.05, 0) is 41.3 Å². The van der Waals surface area contributed by atoms with Gasteiger partial charge >= 0.3 is 6.09 Å². The van der Waals surface area contributed by atoms with Crippen LogP contribution in [0.1, 0.15) is 29.5 Å². The SMILES string of the molecule is CCc1ccccc1NC(=O)C(NC(=O)OC)C(c1ccccc1)c1ccncc1. The van der Waals surface area contributed by atoms with Crippen LogP contribution >= 0.6 is 0 Å². The fourth-order valence-electron chi connectivity index (χ4n) is 3.46. The lowest BCUT2D eigenvalue weighted by molar-refractivity contribution is -0.118. The second-order valence-corrected chi connectivity index (χ2v) is 6.78. The van der Waals surface area contributed by atoms with Crippen LogP contribution in [0, 0.1) is 0 Å².